The third-order valence-electron chi connectivity index (χ3n) is 1.54. The van der Waals surface area contributed by atoms with Crippen LogP contribution in [0, 0.1) is 0 Å². The van der Waals surface area contributed by atoms with Crippen molar-refractivity contribution in [2.24, 2.45) is 0 Å². The highest BCUT2D eigenvalue weighted by Gasteiger charge is 1.79. The van der Waals surface area contributed by atoms with Crippen LogP contribution in [-0.4, -0.2) is 6.54 Å². The summed E-state index contributed by atoms with van der Waals surface area (Å²) in [6.07, 6.45) is 8.66. The third-order valence-corrected chi connectivity index (χ3v) is 1.54. The second-order valence-corrected chi connectivity index (χ2v) is 2.63. The molecule has 64 valence electrons. The maximum Gasteiger partial charge on any atom is 0.0325 e. The molecule has 0 aliphatic rings. The fourth-order valence-electron chi connectivity index (χ4n) is 0.653. The minimum Gasteiger partial charge on any atom is -0.387 e. The smallest absolute Gasteiger partial charge is 0.0325 e. The highest BCUT2D eigenvalue weighted by Crippen LogP contribution is 1.94. The van der Waals surface area contributed by atoms with E-state index in [0.717, 1.165) is 19.4 Å². The van der Waals surface area contributed by atoms with Gasteiger partial charge in [0.2, 0.25) is 0 Å². The molecule has 11 heavy (non-hydrogen) atoms. The van der Waals surface area contributed by atoms with E-state index < -0.39 is 0 Å². The van der Waals surface area contributed by atoms with Crippen molar-refractivity contribution >= 4 is 0 Å². The van der Waals surface area contributed by atoms with Crippen molar-refractivity contribution in [2.45, 2.75) is 33.6 Å². The van der Waals surface area contributed by atoms with Gasteiger partial charge in [-0.25, -0.2) is 0 Å². The molecule has 0 spiro atoms. The third kappa shape index (κ3) is 7.17. The molecule has 1 N–H and O–H groups in total. The maximum absolute atomic E-state index is 3.22. The van der Waals surface area contributed by atoms with Gasteiger partial charge >= 0.3 is 0 Å². The SMILES string of the molecule is CC/C=C/CN/C=C(/C)CC. The summed E-state index contributed by atoms with van der Waals surface area (Å²) in [6, 6.07) is 0. The number of allylic oxidation sites excluding steroid dienone is 2. The molecule has 0 rings (SSSR count). The molecule has 0 atom stereocenters. The molecule has 0 unspecified atom stereocenters. The van der Waals surface area contributed by atoms with Gasteiger partial charge in [0.25, 0.3) is 0 Å². The molecule has 0 heterocycles. The molecule has 0 radical (unpaired) electrons. The Morgan fingerprint density at radius 3 is 2.55 bits per heavy atom. The molecule has 1 nitrogen and oxygen atoms in total. The Kier molecular flexibility index (Phi) is 6.90. The van der Waals surface area contributed by atoms with Crippen LogP contribution in [0.3, 0.4) is 0 Å². The van der Waals surface area contributed by atoms with Crippen molar-refractivity contribution in [3.63, 3.8) is 0 Å². The highest BCUT2D eigenvalue weighted by molar-refractivity contribution is 4.96. The van der Waals surface area contributed by atoms with Crippen molar-refractivity contribution in [3.8, 4) is 0 Å². The zero-order valence-corrected chi connectivity index (χ0v) is 7.85. The Morgan fingerprint density at radius 1 is 1.27 bits per heavy atom. The fraction of sp³-hybridized carbons (Fsp3) is 0.600. The van der Waals surface area contributed by atoms with Crippen LogP contribution in [-0.2, 0) is 0 Å². The summed E-state index contributed by atoms with van der Waals surface area (Å²) in [5, 5.41) is 3.22. The molecular weight excluding hydrogens is 134 g/mol. The van der Waals surface area contributed by atoms with Crippen molar-refractivity contribution in [3.05, 3.63) is 23.9 Å². The van der Waals surface area contributed by atoms with E-state index >= 15 is 0 Å². The molecule has 0 aromatic rings. The van der Waals surface area contributed by atoms with E-state index in [0.29, 0.717) is 0 Å². The maximum atomic E-state index is 3.22. The first-order chi connectivity index (χ1) is 5.31. The number of nitrogens with one attached hydrogen (secondary N) is 1. The summed E-state index contributed by atoms with van der Waals surface area (Å²) in [6.45, 7) is 7.39. The Morgan fingerprint density at radius 2 is 2.00 bits per heavy atom. The average Bonchev–Trinajstić information content (AvgIpc) is 2.04. The largest absolute Gasteiger partial charge is 0.387 e. The van der Waals surface area contributed by atoms with Crippen molar-refractivity contribution in [2.75, 3.05) is 6.54 Å². The van der Waals surface area contributed by atoms with Crippen LogP contribution in [0.15, 0.2) is 23.9 Å². The van der Waals surface area contributed by atoms with Crippen LogP contribution in [0.1, 0.15) is 33.6 Å². The molecule has 0 aliphatic heterocycles. The lowest BCUT2D eigenvalue weighted by atomic mass is 10.2. The molecule has 0 fully saturated rings. The lowest BCUT2D eigenvalue weighted by Gasteiger charge is -1.96. The van der Waals surface area contributed by atoms with Gasteiger partial charge in [-0.3, -0.25) is 0 Å². The molecule has 0 aliphatic carbocycles. The molecular formula is C10H19N. The lowest BCUT2D eigenvalue weighted by molar-refractivity contribution is 0.940. The fourth-order valence-corrected chi connectivity index (χ4v) is 0.653. The Labute approximate surface area is 70.2 Å². The van der Waals surface area contributed by atoms with Gasteiger partial charge < -0.3 is 5.32 Å². The van der Waals surface area contributed by atoms with Gasteiger partial charge in [-0.2, -0.15) is 0 Å². The summed E-state index contributed by atoms with van der Waals surface area (Å²) >= 11 is 0. The van der Waals surface area contributed by atoms with Crippen molar-refractivity contribution < 1.29 is 0 Å². The topological polar surface area (TPSA) is 12.0 Å². The molecule has 0 aromatic carbocycles. The average molecular weight is 153 g/mol. The molecule has 1 heteroatoms. The van der Waals surface area contributed by atoms with Crippen LogP contribution in [0.2, 0.25) is 0 Å². The summed E-state index contributed by atoms with van der Waals surface area (Å²) in [5.74, 6) is 0. The molecule has 0 saturated carbocycles. The van der Waals surface area contributed by atoms with Crippen LogP contribution in [0.25, 0.3) is 0 Å². The second-order valence-electron chi connectivity index (χ2n) is 2.63. The van der Waals surface area contributed by atoms with E-state index in [1.54, 1.807) is 0 Å². The molecule has 0 amide bonds. The van der Waals surface area contributed by atoms with E-state index in [9.17, 15) is 0 Å². The minimum absolute atomic E-state index is 0.950. The standard InChI is InChI=1S/C10H19N/c1-4-6-7-8-11-9-10(3)5-2/h6-7,9,11H,4-5,8H2,1-3H3/b7-6+,10-9-. The van der Waals surface area contributed by atoms with Crippen molar-refractivity contribution in [1.29, 1.82) is 0 Å². The monoisotopic (exact) mass is 153 g/mol. The summed E-state index contributed by atoms with van der Waals surface area (Å²) in [4.78, 5) is 0. The number of rotatable bonds is 5. The zero-order valence-electron chi connectivity index (χ0n) is 7.85. The first-order valence-corrected chi connectivity index (χ1v) is 4.35. The quantitative estimate of drug-likeness (QED) is 0.473. The predicted octanol–water partition coefficient (Wildman–Crippen LogP) is 2.86. The highest BCUT2D eigenvalue weighted by atomic mass is 14.8. The Bertz CT molecular complexity index is 134. The van der Waals surface area contributed by atoms with E-state index in [4.69, 9.17) is 0 Å². The van der Waals surface area contributed by atoms with Gasteiger partial charge in [0.15, 0.2) is 0 Å². The summed E-state index contributed by atoms with van der Waals surface area (Å²) < 4.78 is 0. The molecule has 0 aromatic heterocycles. The second kappa shape index (κ2) is 7.39. The van der Waals surface area contributed by atoms with Gasteiger partial charge in [0.05, 0.1) is 0 Å². The van der Waals surface area contributed by atoms with Crippen LogP contribution < -0.4 is 5.32 Å². The predicted molar refractivity (Wildman–Crippen MR) is 51.5 cm³/mol. The van der Waals surface area contributed by atoms with E-state index in [-0.39, 0.29) is 0 Å². The van der Waals surface area contributed by atoms with Crippen LogP contribution >= 0.6 is 0 Å². The molecule has 0 bridgehead atoms. The Balaban J connectivity index is 3.33. The van der Waals surface area contributed by atoms with Gasteiger partial charge in [-0.1, -0.05) is 31.6 Å². The van der Waals surface area contributed by atoms with Gasteiger partial charge in [-0.05, 0) is 26.0 Å². The normalized spacial score (nSPS) is 12.5. The lowest BCUT2D eigenvalue weighted by Crippen LogP contribution is -2.04. The summed E-state index contributed by atoms with van der Waals surface area (Å²) in [7, 11) is 0. The van der Waals surface area contributed by atoms with Gasteiger partial charge in [-0.15, -0.1) is 0 Å². The van der Waals surface area contributed by atoms with Crippen LogP contribution in [0.5, 0.6) is 0 Å². The van der Waals surface area contributed by atoms with Gasteiger partial charge in [0.1, 0.15) is 0 Å². The van der Waals surface area contributed by atoms with E-state index in [1.807, 2.05) is 0 Å². The minimum atomic E-state index is 0.950. The first-order valence-electron chi connectivity index (χ1n) is 4.35. The van der Waals surface area contributed by atoms with E-state index in [2.05, 4.69) is 44.4 Å². The zero-order chi connectivity index (χ0) is 8.53. The van der Waals surface area contributed by atoms with Crippen LogP contribution in [0.4, 0.5) is 0 Å². The number of hydrogen-bond acceptors (Lipinski definition) is 1. The molecule has 0 saturated heterocycles. The summed E-state index contributed by atoms with van der Waals surface area (Å²) in [5.41, 5.74) is 1.40. The first kappa shape index (κ1) is 10.3. The van der Waals surface area contributed by atoms with E-state index in [1.165, 1.54) is 5.57 Å². The Hall–Kier alpha value is -0.720. The van der Waals surface area contributed by atoms with Gasteiger partial charge in [0, 0.05) is 6.54 Å². The number of hydrogen-bond donors (Lipinski definition) is 1. The van der Waals surface area contributed by atoms with Crippen molar-refractivity contribution in [1.82, 2.24) is 5.32 Å².